The summed E-state index contributed by atoms with van der Waals surface area (Å²) in [5, 5.41) is 17.9. The Morgan fingerprint density at radius 1 is 0.262 bits per heavy atom. The molecule has 0 atom stereocenters. The molecule has 0 amide bonds. The molecule has 12 aromatic carbocycles. The minimum Gasteiger partial charge on any atom is -0.294 e. The van der Waals surface area contributed by atoms with Gasteiger partial charge >= 0.3 is 0 Å². The molecular weight excluding hydrogens is 787 g/mol. The molecule has 0 spiro atoms. The average Bonchev–Trinajstić information content (AvgIpc) is 3.72. The number of fused-ring (bicyclic) bond motifs is 5. The second kappa shape index (κ2) is 13.9. The molecule has 0 saturated heterocycles. The van der Waals surface area contributed by atoms with Gasteiger partial charge in [0.1, 0.15) is 5.82 Å². The van der Waals surface area contributed by atoms with Crippen LogP contribution in [0.5, 0.6) is 0 Å². The lowest BCUT2D eigenvalue weighted by Crippen LogP contribution is -2.02. The molecule has 300 valence electrons. The van der Waals surface area contributed by atoms with Crippen molar-refractivity contribution in [2.45, 2.75) is 0 Å². The van der Waals surface area contributed by atoms with Crippen LogP contribution in [0.15, 0.2) is 224 Å². The molecule has 0 bridgehead atoms. The second-order valence-corrected chi connectivity index (χ2v) is 17.3. The van der Waals surface area contributed by atoms with Crippen LogP contribution < -0.4 is 0 Å². The van der Waals surface area contributed by atoms with Crippen molar-refractivity contribution >= 4 is 86.4 Å². The predicted octanol–water partition coefficient (Wildman–Crippen LogP) is 16.6. The Hall–Kier alpha value is -8.66. The lowest BCUT2D eigenvalue weighted by atomic mass is 9.86. The first-order valence-electron chi connectivity index (χ1n) is 22.3. The van der Waals surface area contributed by atoms with Gasteiger partial charge in [-0.05, 0) is 111 Å². The molecule has 0 aliphatic heterocycles. The molecule has 3 nitrogen and oxygen atoms in total. The van der Waals surface area contributed by atoms with E-state index in [1.807, 2.05) is 18.2 Å². The maximum atomic E-state index is 5.20. The SMILES string of the molecule is c1ccc(-c2nc(-c3ccc(-c4ccc(-c5cc6ccc7cccc8c9cccc%10ccc%11cccc(c(c5)c6c78)c%11c%109)cc4)cc3)cc(-n3c4ccccc4c4ccccc43)n2)cc1. The zero-order valence-corrected chi connectivity index (χ0v) is 35.2. The van der Waals surface area contributed by atoms with E-state index in [0.29, 0.717) is 5.82 Å². The Bertz CT molecular complexity index is 4140. The van der Waals surface area contributed by atoms with Crippen molar-refractivity contribution in [3.8, 4) is 50.7 Å². The van der Waals surface area contributed by atoms with Crippen molar-refractivity contribution in [1.82, 2.24) is 14.5 Å². The number of benzene rings is 11. The molecule has 65 heavy (non-hydrogen) atoms. The summed E-state index contributed by atoms with van der Waals surface area (Å²) >= 11 is 0. The smallest absolute Gasteiger partial charge is 0.162 e. The summed E-state index contributed by atoms with van der Waals surface area (Å²) in [6.45, 7) is 0. The lowest BCUT2D eigenvalue weighted by Gasteiger charge is -2.17. The highest BCUT2D eigenvalue weighted by Crippen LogP contribution is 2.45. The van der Waals surface area contributed by atoms with E-state index in [1.165, 1.54) is 86.5 Å². The summed E-state index contributed by atoms with van der Waals surface area (Å²) in [5.41, 5.74) is 9.85. The molecule has 2 heterocycles. The van der Waals surface area contributed by atoms with Crippen molar-refractivity contribution in [3.05, 3.63) is 224 Å². The number of hydrogen-bond donors (Lipinski definition) is 0. The van der Waals surface area contributed by atoms with Gasteiger partial charge in [0.15, 0.2) is 5.82 Å². The zero-order chi connectivity index (χ0) is 42.6. The van der Waals surface area contributed by atoms with Crippen LogP contribution in [-0.4, -0.2) is 14.5 Å². The topological polar surface area (TPSA) is 30.7 Å². The van der Waals surface area contributed by atoms with Crippen LogP contribution in [0.2, 0.25) is 0 Å². The minimum absolute atomic E-state index is 0.695. The van der Waals surface area contributed by atoms with E-state index >= 15 is 0 Å². The largest absolute Gasteiger partial charge is 0.294 e. The van der Waals surface area contributed by atoms with Crippen LogP contribution in [0, 0.1) is 0 Å². The van der Waals surface area contributed by atoms with E-state index in [1.54, 1.807) is 0 Å². The van der Waals surface area contributed by atoms with E-state index in [-0.39, 0.29) is 0 Å². The van der Waals surface area contributed by atoms with Crippen molar-refractivity contribution < 1.29 is 0 Å². The van der Waals surface area contributed by atoms with Gasteiger partial charge in [0, 0.05) is 28.0 Å². The standard InChI is InChI=1S/C62H37N3/c1-2-11-45(12-3-1)62-63-54(37-57(64-62)65-55-21-6-4-16-48(55)49-17-5-7-22-56(49)65)41-29-27-39(28-30-41)38-23-25-40(26-24-38)47-35-46-34-33-44-14-9-19-51-50-18-8-13-42-31-32-43-15-10-20-52(60(43)58(42)50)53(36-47)61(46)59(44)51/h1-37H. The van der Waals surface area contributed by atoms with Crippen LogP contribution >= 0.6 is 0 Å². The summed E-state index contributed by atoms with van der Waals surface area (Å²) < 4.78 is 2.27. The first-order chi connectivity index (χ1) is 32.2. The fourth-order valence-electron chi connectivity index (χ4n) is 10.7. The molecule has 0 aliphatic carbocycles. The Morgan fingerprint density at radius 3 is 1.28 bits per heavy atom. The lowest BCUT2D eigenvalue weighted by molar-refractivity contribution is 1.05. The molecule has 0 N–H and O–H groups in total. The van der Waals surface area contributed by atoms with Gasteiger partial charge < -0.3 is 0 Å². The van der Waals surface area contributed by atoms with Crippen LogP contribution in [0.4, 0.5) is 0 Å². The summed E-state index contributed by atoms with van der Waals surface area (Å²) in [6.07, 6.45) is 0. The summed E-state index contributed by atoms with van der Waals surface area (Å²) in [4.78, 5) is 10.4. The fourth-order valence-corrected chi connectivity index (χ4v) is 10.7. The van der Waals surface area contributed by atoms with Crippen LogP contribution in [0.1, 0.15) is 0 Å². The summed E-state index contributed by atoms with van der Waals surface area (Å²) in [7, 11) is 0. The zero-order valence-electron chi connectivity index (χ0n) is 35.2. The maximum Gasteiger partial charge on any atom is 0.162 e. The van der Waals surface area contributed by atoms with Crippen molar-refractivity contribution in [2.75, 3.05) is 0 Å². The molecule has 14 rings (SSSR count). The second-order valence-electron chi connectivity index (χ2n) is 17.3. The third kappa shape index (κ3) is 5.49. The summed E-state index contributed by atoms with van der Waals surface area (Å²) in [5.74, 6) is 1.54. The van der Waals surface area contributed by atoms with Crippen LogP contribution in [0.25, 0.3) is 137 Å². The minimum atomic E-state index is 0.695. The van der Waals surface area contributed by atoms with Gasteiger partial charge in [0.2, 0.25) is 0 Å². The first kappa shape index (κ1) is 35.9. The van der Waals surface area contributed by atoms with E-state index in [9.17, 15) is 0 Å². The van der Waals surface area contributed by atoms with E-state index in [2.05, 4.69) is 211 Å². The van der Waals surface area contributed by atoms with E-state index in [0.717, 1.165) is 44.8 Å². The summed E-state index contributed by atoms with van der Waals surface area (Å²) in [6, 6.07) is 81.7. The van der Waals surface area contributed by atoms with Gasteiger partial charge in [-0.3, -0.25) is 4.57 Å². The van der Waals surface area contributed by atoms with Crippen LogP contribution in [0.3, 0.4) is 0 Å². The van der Waals surface area contributed by atoms with Crippen LogP contribution in [-0.2, 0) is 0 Å². The molecule has 14 aromatic rings. The number of rotatable bonds is 5. The van der Waals surface area contributed by atoms with Crippen molar-refractivity contribution in [2.24, 2.45) is 0 Å². The van der Waals surface area contributed by atoms with Crippen molar-refractivity contribution in [1.29, 1.82) is 0 Å². The predicted molar refractivity (Wildman–Crippen MR) is 274 cm³/mol. The van der Waals surface area contributed by atoms with E-state index < -0.39 is 0 Å². The van der Waals surface area contributed by atoms with Gasteiger partial charge in [-0.25, -0.2) is 9.97 Å². The molecule has 2 aromatic heterocycles. The highest BCUT2D eigenvalue weighted by atomic mass is 15.1. The van der Waals surface area contributed by atoms with Gasteiger partial charge in [-0.2, -0.15) is 0 Å². The quantitative estimate of drug-likeness (QED) is 0.162. The molecule has 0 aliphatic rings. The number of hydrogen-bond acceptors (Lipinski definition) is 2. The van der Waals surface area contributed by atoms with E-state index in [4.69, 9.17) is 9.97 Å². The molecule has 3 heteroatoms. The average molecular weight is 824 g/mol. The monoisotopic (exact) mass is 823 g/mol. The number of para-hydroxylation sites is 2. The Morgan fingerprint density at radius 2 is 0.708 bits per heavy atom. The van der Waals surface area contributed by atoms with Gasteiger partial charge in [0.05, 0.1) is 16.7 Å². The first-order valence-corrected chi connectivity index (χ1v) is 22.3. The Balaban J connectivity index is 0.878. The maximum absolute atomic E-state index is 5.20. The number of nitrogens with zero attached hydrogens (tertiary/aromatic N) is 3. The van der Waals surface area contributed by atoms with Gasteiger partial charge in [0.25, 0.3) is 0 Å². The third-order valence-electron chi connectivity index (χ3n) is 13.7. The Labute approximate surface area is 374 Å². The number of aromatic nitrogens is 3. The highest BCUT2D eigenvalue weighted by molar-refractivity contribution is 6.37. The molecule has 0 unspecified atom stereocenters. The third-order valence-corrected chi connectivity index (χ3v) is 13.7. The molecular formula is C62H37N3. The fraction of sp³-hybridized carbons (Fsp3) is 0. The molecule has 0 fully saturated rings. The van der Waals surface area contributed by atoms with Gasteiger partial charge in [-0.1, -0.05) is 194 Å². The van der Waals surface area contributed by atoms with Gasteiger partial charge in [-0.15, -0.1) is 0 Å². The molecule has 0 radical (unpaired) electrons. The van der Waals surface area contributed by atoms with Crippen molar-refractivity contribution in [3.63, 3.8) is 0 Å². The normalized spacial score (nSPS) is 12.0. The highest BCUT2D eigenvalue weighted by Gasteiger charge is 2.18. The molecule has 0 saturated carbocycles. The Kier molecular flexibility index (Phi) is 7.69.